The van der Waals surface area contributed by atoms with Gasteiger partial charge in [-0.05, 0) is 13.8 Å². The average Bonchev–Trinajstić information content (AvgIpc) is 2.58. The molecule has 0 aliphatic heterocycles. The van der Waals surface area contributed by atoms with Gasteiger partial charge in [0, 0.05) is 13.2 Å². The van der Waals surface area contributed by atoms with Crippen LogP contribution in [0, 0.1) is 0 Å². The van der Waals surface area contributed by atoms with Crippen LogP contribution in [0.1, 0.15) is 13.8 Å². The summed E-state index contributed by atoms with van der Waals surface area (Å²) in [6, 6.07) is 0. The zero-order chi connectivity index (χ0) is 9.52. The Kier molecular flexibility index (Phi) is 4.49. The fourth-order valence-electron chi connectivity index (χ4n) is 1.13. The Bertz CT molecular complexity index is 205. The second-order valence-electron chi connectivity index (χ2n) is 2.65. The van der Waals surface area contributed by atoms with Gasteiger partial charge in [0.2, 0.25) is 6.33 Å². The van der Waals surface area contributed by atoms with Gasteiger partial charge in [0.1, 0.15) is 18.9 Å². The standard InChI is InChI=1S/C9H16N2O2/c1-3-12-9(13-4-2)7-11-6-5-10-8-11/h5-6,8-9H,3-4,7H2,1-2H3/p+1. The summed E-state index contributed by atoms with van der Waals surface area (Å²) >= 11 is 0. The minimum absolute atomic E-state index is 0.143. The average molecular weight is 185 g/mol. The summed E-state index contributed by atoms with van der Waals surface area (Å²) in [5.41, 5.74) is 0. The van der Waals surface area contributed by atoms with E-state index in [0.717, 1.165) is 6.54 Å². The molecule has 1 heterocycles. The number of H-pyrrole nitrogens is 1. The molecular formula is C9H17N2O2+. The predicted molar refractivity (Wildman–Crippen MR) is 48.0 cm³/mol. The van der Waals surface area contributed by atoms with E-state index in [4.69, 9.17) is 9.47 Å². The van der Waals surface area contributed by atoms with Crippen molar-refractivity contribution in [3.63, 3.8) is 0 Å². The van der Waals surface area contributed by atoms with Crippen LogP contribution in [0.5, 0.6) is 0 Å². The molecule has 0 spiro atoms. The summed E-state index contributed by atoms with van der Waals surface area (Å²) in [6.07, 6.45) is 5.56. The number of imidazole rings is 1. The molecule has 1 aromatic rings. The summed E-state index contributed by atoms with van der Waals surface area (Å²) in [5, 5.41) is 0. The van der Waals surface area contributed by atoms with Crippen molar-refractivity contribution >= 4 is 0 Å². The zero-order valence-electron chi connectivity index (χ0n) is 8.19. The third-order valence-electron chi connectivity index (χ3n) is 1.67. The molecule has 0 radical (unpaired) electrons. The van der Waals surface area contributed by atoms with Crippen molar-refractivity contribution in [2.75, 3.05) is 13.2 Å². The summed E-state index contributed by atoms with van der Waals surface area (Å²) in [4.78, 5) is 2.97. The molecule has 1 rings (SSSR count). The smallest absolute Gasteiger partial charge is 0.241 e. The Morgan fingerprint density at radius 1 is 1.31 bits per heavy atom. The van der Waals surface area contributed by atoms with Gasteiger partial charge in [-0.25, -0.2) is 4.57 Å². The van der Waals surface area contributed by atoms with Gasteiger partial charge >= 0.3 is 0 Å². The normalized spacial score (nSPS) is 11.0. The van der Waals surface area contributed by atoms with Gasteiger partial charge in [-0.1, -0.05) is 0 Å². The van der Waals surface area contributed by atoms with Crippen LogP contribution in [0.4, 0.5) is 0 Å². The fourth-order valence-corrected chi connectivity index (χ4v) is 1.13. The van der Waals surface area contributed by atoms with E-state index in [2.05, 4.69) is 4.98 Å². The fraction of sp³-hybridized carbons (Fsp3) is 0.667. The molecule has 1 N–H and O–H groups in total. The highest BCUT2D eigenvalue weighted by Crippen LogP contribution is 1.94. The lowest BCUT2D eigenvalue weighted by Gasteiger charge is -2.14. The lowest BCUT2D eigenvalue weighted by atomic mass is 10.6. The monoisotopic (exact) mass is 185 g/mol. The minimum Gasteiger partial charge on any atom is -0.349 e. The van der Waals surface area contributed by atoms with Gasteiger partial charge in [-0.3, -0.25) is 4.98 Å². The van der Waals surface area contributed by atoms with E-state index >= 15 is 0 Å². The lowest BCUT2D eigenvalue weighted by molar-refractivity contribution is -0.709. The molecule has 0 saturated heterocycles. The van der Waals surface area contributed by atoms with Crippen LogP contribution in [0.25, 0.3) is 0 Å². The van der Waals surface area contributed by atoms with Crippen LogP contribution in [0.3, 0.4) is 0 Å². The molecule has 0 aromatic carbocycles. The molecule has 4 nitrogen and oxygen atoms in total. The number of nitrogens with zero attached hydrogens (tertiary/aromatic N) is 1. The maximum atomic E-state index is 5.40. The molecule has 0 bridgehead atoms. The van der Waals surface area contributed by atoms with Crippen molar-refractivity contribution in [3.05, 3.63) is 18.7 Å². The number of hydrogen-bond donors (Lipinski definition) is 1. The van der Waals surface area contributed by atoms with Crippen LogP contribution in [-0.2, 0) is 16.0 Å². The van der Waals surface area contributed by atoms with Crippen molar-refractivity contribution in [2.45, 2.75) is 26.7 Å². The number of nitrogens with one attached hydrogen (secondary N) is 1. The van der Waals surface area contributed by atoms with E-state index < -0.39 is 0 Å². The van der Waals surface area contributed by atoms with Crippen molar-refractivity contribution in [1.29, 1.82) is 0 Å². The zero-order valence-corrected chi connectivity index (χ0v) is 8.19. The Morgan fingerprint density at radius 3 is 2.46 bits per heavy atom. The topological polar surface area (TPSA) is 38.1 Å². The molecular weight excluding hydrogens is 168 g/mol. The first-order chi connectivity index (χ1) is 6.36. The van der Waals surface area contributed by atoms with E-state index in [-0.39, 0.29) is 6.29 Å². The molecule has 0 unspecified atom stereocenters. The molecule has 0 fully saturated rings. The summed E-state index contributed by atoms with van der Waals surface area (Å²) in [5.74, 6) is 0. The van der Waals surface area contributed by atoms with E-state index in [0.29, 0.717) is 13.2 Å². The van der Waals surface area contributed by atoms with Crippen molar-refractivity contribution in [3.8, 4) is 0 Å². The molecule has 0 atom stereocenters. The Labute approximate surface area is 78.5 Å². The molecule has 13 heavy (non-hydrogen) atoms. The quantitative estimate of drug-likeness (QED) is 0.523. The number of aromatic amines is 1. The van der Waals surface area contributed by atoms with E-state index in [1.165, 1.54) is 0 Å². The number of aromatic nitrogens is 2. The largest absolute Gasteiger partial charge is 0.349 e. The van der Waals surface area contributed by atoms with Crippen molar-refractivity contribution in [2.24, 2.45) is 0 Å². The number of hydrogen-bond acceptors (Lipinski definition) is 2. The Balaban J connectivity index is 2.37. The van der Waals surface area contributed by atoms with Gasteiger partial charge in [0.05, 0.1) is 0 Å². The van der Waals surface area contributed by atoms with Gasteiger partial charge < -0.3 is 9.47 Å². The van der Waals surface area contributed by atoms with Crippen molar-refractivity contribution < 1.29 is 14.0 Å². The van der Waals surface area contributed by atoms with Crippen LogP contribution in [0.2, 0.25) is 0 Å². The maximum absolute atomic E-state index is 5.40. The van der Waals surface area contributed by atoms with Crippen LogP contribution >= 0.6 is 0 Å². The van der Waals surface area contributed by atoms with E-state index in [1.807, 2.05) is 37.1 Å². The lowest BCUT2D eigenvalue weighted by Crippen LogP contribution is -2.40. The summed E-state index contributed by atoms with van der Waals surface area (Å²) in [7, 11) is 0. The molecule has 0 saturated carbocycles. The SMILES string of the molecule is CCOC(C[n+]1cc[nH]c1)OCC. The highest BCUT2D eigenvalue weighted by atomic mass is 16.7. The molecule has 0 aliphatic carbocycles. The summed E-state index contributed by atoms with van der Waals surface area (Å²) < 4.78 is 12.8. The minimum atomic E-state index is -0.143. The Morgan fingerprint density at radius 2 is 2.00 bits per heavy atom. The maximum Gasteiger partial charge on any atom is 0.241 e. The third kappa shape index (κ3) is 3.57. The highest BCUT2D eigenvalue weighted by Gasteiger charge is 2.11. The highest BCUT2D eigenvalue weighted by molar-refractivity contribution is 4.55. The molecule has 4 heteroatoms. The van der Waals surface area contributed by atoms with Crippen LogP contribution < -0.4 is 4.57 Å². The van der Waals surface area contributed by atoms with Gasteiger partial charge in [0.15, 0.2) is 6.29 Å². The van der Waals surface area contributed by atoms with E-state index in [1.54, 1.807) is 0 Å². The molecule has 1 aromatic heterocycles. The molecule has 74 valence electrons. The predicted octanol–water partition coefficient (Wildman–Crippen LogP) is 0.701. The second kappa shape index (κ2) is 5.72. The first-order valence-electron chi connectivity index (χ1n) is 4.61. The van der Waals surface area contributed by atoms with Gasteiger partial charge in [-0.15, -0.1) is 0 Å². The number of rotatable bonds is 6. The molecule has 0 aliphatic rings. The first-order valence-corrected chi connectivity index (χ1v) is 4.61. The first kappa shape index (κ1) is 10.2. The van der Waals surface area contributed by atoms with Crippen LogP contribution in [0.15, 0.2) is 18.7 Å². The van der Waals surface area contributed by atoms with E-state index in [9.17, 15) is 0 Å². The third-order valence-corrected chi connectivity index (χ3v) is 1.67. The summed E-state index contributed by atoms with van der Waals surface area (Å²) in [6.45, 7) is 6.01. The van der Waals surface area contributed by atoms with Crippen molar-refractivity contribution in [1.82, 2.24) is 4.98 Å². The second-order valence-corrected chi connectivity index (χ2v) is 2.65. The Hall–Kier alpha value is -0.870. The molecule has 0 amide bonds. The number of ether oxygens (including phenoxy) is 2. The van der Waals surface area contributed by atoms with Gasteiger partial charge in [0.25, 0.3) is 0 Å². The van der Waals surface area contributed by atoms with Gasteiger partial charge in [-0.2, -0.15) is 0 Å². The van der Waals surface area contributed by atoms with Crippen LogP contribution in [-0.4, -0.2) is 24.5 Å².